The molecule has 6 nitrogen and oxygen atoms in total. The van der Waals surface area contributed by atoms with E-state index in [0.717, 1.165) is 0 Å². The summed E-state index contributed by atoms with van der Waals surface area (Å²) in [6.45, 7) is 0. The summed E-state index contributed by atoms with van der Waals surface area (Å²) in [7, 11) is 1.50. The first kappa shape index (κ1) is 10.8. The van der Waals surface area contributed by atoms with Gasteiger partial charge in [0.05, 0.1) is 12.8 Å². The van der Waals surface area contributed by atoms with Crippen LogP contribution in [0.5, 0.6) is 5.88 Å². The Labute approximate surface area is 96.5 Å². The molecule has 1 N–H and O–H groups in total. The number of methoxy groups -OCH3 is 1. The normalized spacial score (nSPS) is 9.65. The topological polar surface area (TPSA) is 91.7 Å². The second-order valence-electron chi connectivity index (χ2n) is 3.20. The number of nitrogens with one attached hydrogen (secondary N) is 1. The second-order valence-corrected chi connectivity index (χ2v) is 3.20. The molecule has 2 heterocycles. The van der Waals surface area contributed by atoms with Crippen LogP contribution in [0.1, 0.15) is 5.56 Å². The molecule has 0 radical (unpaired) electrons. The zero-order valence-corrected chi connectivity index (χ0v) is 8.97. The van der Waals surface area contributed by atoms with Crippen LogP contribution in [-0.2, 0) is 0 Å². The number of aromatic amines is 1. The second kappa shape index (κ2) is 4.45. The van der Waals surface area contributed by atoms with Crippen LogP contribution in [0.25, 0.3) is 11.3 Å². The number of pyridine rings is 1. The minimum atomic E-state index is -0.419. The van der Waals surface area contributed by atoms with Gasteiger partial charge in [0.2, 0.25) is 5.88 Å². The summed E-state index contributed by atoms with van der Waals surface area (Å²) in [6, 6.07) is 6.63. The van der Waals surface area contributed by atoms with Gasteiger partial charge in [-0.05, 0) is 12.1 Å². The summed E-state index contributed by atoms with van der Waals surface area (Å²) < 4.78 is 4.89. The number of ether oxygens (including phenoxy) is 1. The number of nitrogens with zero attached hydrogens (tertiary/aromatic N) is 3. The van der Waals surface area contributed by atoms with Crippen LogP contribution >= 0.6 is 0 Å². The van der Waals surface area contributed by atoms with Crippen molar-refractivity contribution < 1.29 is 4.74 Å². The fourth-order valence-electron chi connectivity index (χ4n) is 1.30. The zero-order chi connectivity index (χ0) is 12.3. The fourth-order valence-corrected chi connectivity index (χ4v) is 1.30. The van der Waals surface area contributed by atoms with Gasteiger partial charge in [-0.25, -0.2) is 0 Å². The molecule has 0 aliphatic rings. The molecular formula is C11H8N4O2. The van der Waals surface area contributed by atoms with Crippen molar-refractivity contribution in [2.45, 2.75) is 0 Å². The molecule has 0 aliphatic heterocycles. The van der Waals surface area contributed by atoms with Crippen molar-refractivity contribution in [2.24, 2.45) is 0 Å². The zero-order valence-electron chi connectivity index (χ0n) is 8.97. The molecule has 0 amide bonds. The van der Waals surface area contributed by atoms with Gasteiger partial charge in [-0.2, -0.15) is 5.26 Å². The standard InChI is InChI=1S/C11H8N4O2/c1-17-10-3-2-9(14-15-10)8-4-7(5-12)11(16)13-6-8/h2-4,6H,1H3,(H,13,16). The summed E-state index contributed by atoms with van der Waals surface area (Å²) in [5, 5.41) is 16.5. The minimum Gasteiger partial charge on any atom is -0.480 e. The van der Waals surface area contributed by atoms with Crippen LogP contribution in [-0.4, -0.2) is 22.3 Å². The summed E-state index contributed by atoms with van der Waals surface area (Å²) in [5.74, 6) is 0.402. The number of H-pyrrole nitrogens is 1. The van der Waals surface area contributed by atoms with Gasteiger partial charge < -0.3 is 9.72 Å². The Balaban J connectivity index is 2.46. The molecule has 0 aromatic carbocycles. The van der Waals surface area contributed by atoms with Gasteiger partial charge in [0.15, 0.2) is 0 Å². The molecule has 0 saturated carbocycles. The molecule has 6 heteroatoms. The fraction of sp³-hybridized carbons (Fsp3) is 0.0909. The number of hydrogen-bond acceptors (Lipinski definition) is 5. The van der Waals surface area contributed by atoms with Crippen molar-refractivity contribution >= 4 is 0 Å². The highest BCUT2D eigenvalue weighted by atomic mass is 16.5. The van der Waals surface area contributed by atoms with Crippen molar-refractivity contribution in [3.05, 3.63) is 40.3 Å². The first-order valence-electron chi connectivity index (χ1n) is 4.75. The van der Waals surface area contributed by atoms with E-state index in [0.29, 0.717) is 17.1 Å². The molecule has 0 saturated heterocycles. The number of nitriles is 1. The molecule has 0 spiro atoms. The highest BCUT2D eigenvalue weighted by Gasteiger charge is 2.05. The Hall–Kier alpha value is -2.68. The van der Waals surface area contributed by atoms with Crippen LogP contribution < -0.4 is 10.3 Å². The van der Waals surface area contributed by atoms with Gasteiger partial charge in [0.25, 0.3) is 5.56 Å². The van der Waals surface area contributed by atoms with Crippen LogP contribution in [0.3, 0.4) is 0 Å². The average molecular weight is 228 g/mol. The Kier molecular flexibility index (Phi) is 2.83. The van der Waals surface area contributed by atoms with Gasteiger partial charge in [-0.1, -0.05) is 0 Å². The Morgan fingerprint density at radius 1 is 1.41 bits per heavy atom. The lowest BCUT2D eigenvalue weighted by Crippen LogP contribution is -2.09. The number of rotatable bonds is 2. The van der Waals surface area contributed by atoms with E-state index >= 15 is 0 Å². The molecular weight excluding hydrogens is 220 g/mol. The average Bonchev–Trinajstić information content (AvgIpc) is 2.39. The number of aromatic nitrogens is 3. The molecule has 0 aliphatic carbocycles. The van der Waals surface area contributed by atoms with Crippen LogP contribution in [0.2, 0.25) is 0 Å². The van der Waals surface area contributed by atoms with Crippen LogP contribution in [0, 0.1) is 11.3 Å². The minimum absolute atomic E-state index is 0.0418. The van der Waals surface area contributed by atoms with E-state index in [2.05, 4.69) is 15.2 Å². The molecule has 0 fully saturated rings. The van der Waals surface area contributed by atoms with Gasteiger partial charge in [0.1, 0.15) is 11.6 Å². The molecule has 2 aromatic heterocycles. The van der Waals surface area contributed by atoms with Gasteiger partial charge in [-0.3, -0.25) is 4.79 Å². The van der Waals surface area contributed by atoms with Crippen LogP contribution in [0.15, 0.2) is 29.2 Å². The Bertz CT molecular complexity index is 625. The van der Waals surface area contributed by atoms with Gasteiger partial charge in [0, 0.05) is 17.8 Å². The Morgan fingerprint density at radius 2 is 2.24 bits per heavy atom. The highest BCUT2D eigenvalue weighted by molar-refractivity contribution is 5.59. The molecule has 0 unspecified atom stereocenters. The summed E-state index contributed by atoms with van der Waals surface area (Å²) in [6.07, 6.45) is 1.49. The summed E-state index contributed by atoms with van der Waals surface area (Å²) in [4.78, 5) is 13.7. The van der Waals surface area contributed by atoms with Crippen LogP contribution in [0.4, 0.5) is 0 Å². The van der Waals surface area contributed by atoms with E-state index < -0.39 is 5.56 Å². The molecule has 0 bridgehead atoms. The van der Waals surface area contributed by atoms with E-state index in [1.54, 1.807) is 12.1 Å². The lowest BCUT2D eigenvalue weighted by atomic mass is 10.1. The first-order valence-corrected chi connectivity index (χ1v) is 4.75. The summed E-state index contributed by atoms with van der Waals surface area (Å²) >= 11 is 0. The third kappa shape index (κ3) is 2.13. The third-order valence-corrected chi connectivity index (χ3v) is 2.17. The largest absolute Gasteiger partial charge is 0.480 e. The van der Waals surface area contributed by atoms with Crippen molar-refractivity contribution in [2.75, 3.05) is 7.11 Å². The Morgan fingerprint density at radius 3 is 2.82 bits per heavy atom. The third-order valence-electron chi connectivity index (χ3n) is 2.17. The summed E-state index contributed by atoms with van der Waals surface area (Å²) in [5.41, 5.74) is 0.799. The monoisotopic (exact) mass is 228 g/mol. The molecule has 2 aromatic rings. The first-order chi connectivity index (χ1) is 8.24. The van der Waals surface area contributed by atoms with Crippen molar-refractivity contribution in [1.29, 1.82) is 5.26 Å². The molecule has 0 atom stereocenters. The highest BCUT2D eigenvalue weighted by Crippen LogP contribution is 2.16. The van der Waals surface area contributed by atoms with E-state index in [1.807, 2.05) is 6.07 Å². The lowest BCUT2D eigenvalue weighted by molar-refractivity contribution is 0.392. The SMILES string of the molecule is COc1ccc(-c2c[nH]c(=O)c(C#N)c2)nn1. The predicted molar refractivity (Wildman–Crippen MR) is 59.4 cm³/mol. The smallest absolute Gasteiger partial charge is 0.265 e. The van der Waals surface area contributed by atoms with E-state index in [1.165, 1.54) is 19.4 Å². The van der Waals surface area contributed by atoms with Gasteiger partial charge in [-0.15, -0.1) is 10.2 Å². The molecule has 84 valence electrons. The number of hydrogen-bond donors (Lipinski definition) is 1. The lowest BCUT2D eigenvalue weighted by Gasteiger charge is -2.01. The van der Waals surface area contributed by atoms with Crippen molar-refractivity contribution in [3.63, 3.8) is 0 Å². The predicted octanol–water partition coefficient (Wildman–Crippen LogP) is 0.712. The van der Waals surface area contributed by atoms with E-state index in [4.69, 9.17) is 10.00 Å². The molecule has 2 rings (SSSR count). The van der Waals surface area contributed by atoms with E-state index in [-0.39, 0.29) is 5.56 Å². The maximum atomic E-state index is 11.2. The maximum absolute atomic E-state index is 11.2. The maximum Gasteiger partial charge on any atom is 0.265 e. The van der Waals surface area contributed by atoms with Gasteiger partial charge >= 0.3 is 0 Å². The molecule has 17 heavy (non-hydrogen) atoms. The van der Waals surface area contributed by atoms with Crippen molar-refractivity contribution in [3.8, 4) is 23.2 Å². The van der Waals surface area contributed by atoms with E-state index in [9.17, 15) is 4.79 Å². The van der Waals surface area contributed by atoms with Crippen molar-refractivity contribution in [1.82, 2.24) is 15.2 Å². The quantitative estimate of drug-likeness (QED) is 0.817.